The van der Waals surface area contributed by atoms with Crippen LogP contribution in [0, 0.1) is 6.92 Å². The van der Waals surface area contributed by atoms with Crippen LogP contribution in [0.3, 0.4) is 0 Å². The second-order valence-corrected chi connectivity index (χ2v) is 5.22. The third kappa shape index (κ3) is 2.35. The van der Waals surface area contributed by atoms with Crippen LogP contribution >= 0.6 is 15.9 Å². The molecular weight excluding hydrogens is 263 g/mol. The summed E-state index contributed by atoms with van der Waals surface area (Å²) in [6.45, 7) is 4.33. The molecule has 0 unspecified atom stereocenters. The average Bonchev–Trinajstić information content (AvgIpc) is 1.85. The van der Waals surface area contributed by atoms with Gasteiger partial charge in [0.2, 0.25) is 0 Å². The minimum absolute atomic E-state index is 0.565. The van der Waals surface area contributed by atoms with Crippen molar-refractivity contribution in [3.8, 4) is 0 Å². The Kier molecular flexibility index (Phi) is 3.21. The Morgan fingerprint density at radius 3 is 2.55 bits per heavy atom. The predicted octanol–water partition coefficient (Wildman–Crippen LogP) is 2.99. The Labute approximate surface area is 85.0 Å². The first kappa shape index (κ1) is 9.35. The molecule has 1 aromatic rings. The van der Waals surface area contributed by atoms with E-state index in [4.69, 9.17) is 0 Å². The van der Waals surface area contributed by atoms with Crippen molar-refractivity contribution in [3.05, 3.63) is 33.8 Å². The first-order chi connectivity index (χ1) is 5.11. The Morgan fingerprint density at radius 1 is 1.45 bits per heavy atom. The van der Waals surface area contributed by atoms with Crippen molar-refractivity contribution in [1.82, 2.24) is 0 Å². The molecule has 2 radical (unpaired) electrons. The Hall–Kier alpha value is 0.258. The van der Waals surface area contributed by atoms with Crippen LogP contribution < -0.4 is 0 Å². The second-order valence-electron chi connectivity index (χ2n) is 2.68. The van der Waals surface area contributed by atoms with E-state index in [1.54, 1.807) is 0 Å². The Bertz CT molecular complexity index is 256. The van der Waals surface area contributed by atoms with Gasteiger partial charge >= 0.3 is 85.1 Å². The molecular formula is C9H10AsBr. The van der Waals surface area contributed by atoms with Crippen molar-refractivity contribution in [1.29, 1.82) is 0 Å². The zero-order valence-electron chi connectivity index (χ0n) is 6.63. The van der Waals surface area contributed by atoms with Gasteiger partial charge in [0.15, 0.2) is 0 Å². The molecule has 0 bridgehead atoms. The van der Waals surface area contributed by atoms with Gasteiger partial charge in [-0.15, -0.1) is 0 Å². The van der Waals surface area contributed by atoms with E-state index >= 15 is 0 Å². The summed E-state index contributed by atoms with van der Waals surface area (Å²) in [4.78, 5) is 0. The van der Waals surface area contributed by atoms with Gasteiger partial charge in [0, 0.05) is 0 Å². The van der Waals surface area contributed by atoms with E-state index in [-0.39, 0.29) is 0 Å². The molecule has 58 valence electrons. The summed E-state index contributed by atoms with van der Waals surface area (Å²) >= 11 is 6.10. The molecule has 0 saturated carbocycles. The normalized spacial score (nSPS) is 13.1. The molecule has 0 heterocycles. The number of halogens is 1. The standard InChI is InChI=1S/C9H10AsBr/c1-6-5-8(11)3-4-9(6)7(2)10/h3-5,7H,1-2H3/t7-/m0/s1. The molecule has 1 atom stereocenters. The second kappa shape index (κ2) is 3.78. The molecule has 0 spiro atoms. The van der Waals surface area contributed by atoms with Gasteiger partial charge in [0.05, 0.1) is 0 Å². The van der Waals surface area contributed by atoms with Crippen LogP contribution in [-0.2, 0) is 0 Å². The number of benzene rings is 1. The fourth-order valence-corrected chi connectivity index (χ4v) is 2.19. The fourth-order valence-electron chi connectivity index (χ4n) is 1.11. The Morgan fingerprint density at radius 2 is 2.09 bits per heavy atom. The number of hydrogen-bond donors (Lipinski definition) is 0. The molecule has 0 aromatic heterocycles. The van der Waals surface area contributed by atoms with E-state index in [1.165, 1.54) is 11.1 Å². The van der Waals surface area contributed by atoms with E-state index in [0.717, 1.165) is 4.47 Å². The molecule has 0 aliphatic carbocycles. The van der Waals surface area contributed by atoms with Gasteiger partial charge in [-0.1, -0.05) is 0 Å². The van der Waals surface area contributed by atoms with E-state index in [0.29, 0.717) is 4.71 Å². The topological polar surface area (TPSA) is 0 Å². The van der Waals surface area contributed by atoms with Crippen LogP contribution in [0.15, 0.2) is 22.7 Å². The van der Waals surface area contributed by atoms with Gasteiger partial charge in [-0.25, -0.2) is 0 Å². The van der Waals surface area contributed by atoms with Crippen molar-refractivity contribution in [2.75, 3.05) is 0 Å². The van der Waals surface area contributed by atoms with Crippen molar-refractivity contribution >= 4 is 32.8 Å². The summed E-state index contributed by atoms with van der Waals surface area (Å²) in [5.41, 5.74) is 2.76. The molecule has 0 N–H and O–H groups in total. The van der Waals surface area contributed by atoms with E-state index in [2.05, 4.69) is 64.8 Å². The van der Waals surface area contributed by atoms with Crippen molar-refractivity contribution in [3.63, 3.8) is 0 Å². The maximum atomic E-state index is 3.44. The van der Waals surface area contributed by atoms with Gasteiger partial charge in [0.25, 0.3) is 0 Å². The summed E-state index contributed by atoms with van der Waals surface area (Å²) in [6, 6.07) is 6.41. The van der Waals surface area contributed by atoms with Gasteiger partial charge in [-0.05, 0) is 0 Å². The summed E-state index contributed by atoms with van der Waals surface area (Å²) in [5, 5.41) is 0. The summed E-state index contributed by atoms with van der Waals surface area (Å²) in [7, 11) is 0. The molecule has 2 heteroatoms. The van der Waals surface area contributed by atoms with Crippen LogP contribution in [0.25, 0.3) is 0 Å². The summed E-state index contributed by atoms with van der Waals surface area (Å²) < 4.78 is 1.72. The fraction of sp³-hybridized carbons (Fsp3) is 0.333. The number of hydrogen-bond acceptors (Lipinski definition) is 0. The first-order valence-corrected chi connectivity index (χ1v) is 5.43. The zero-order chi connectivity index (χ0) is 8.43. The van der Waals surface area contributed by atoms with E-state index in [9.17, 15) is 0 Å². The monoisotopic (exact) mass is 272 g/mol. The molecule has 0 aliphatic heterocycles. The van der Waals surface area contributed by atoms with Crippen LogP contribution in [0.2, 0.25) is 0 Å². The van der Waals surface area contributed by atoms with Crippen molar-refractivity contribution in [2.45, 2.75) is 18.6 Å². The zero-order valence-corrected chi connectivity index (χ0v) is 10.1. The van der Waals surface area contributed by atoms with E-state index < -0.39 is 0 Å². The number of rotatable bonds is 1. The van der Waals surface area contributed by atoms with Gasteiger partial charge in [-0.3, -0.25) is 0 Å². The summed E-state index contributed by atoms with van der Waals surface area (Å²) in [6.07, 6.45) is 0. The Balaban J connectivity index is 3.09. The first-order valence-electron chi connectivity index (χ1n) is 3.55. The molecule has 1 aromatic carbocycles. The molecule has 0 nitrogen and oxygen atoms in total. The van der Waals surface area contributed by atoms with E-state index in [1.807, 2.05) is 0 Å². The van der Waals surface area contributed by atoms with Crippen molar-refractivity contribution in [2.24, 2.45) is 0 Å². The van der Waals surface area contributed by atoms with Gasteiger partial charge in [0.1, 0.15) is 0 Å². The summed E-state index contributed by atoms with van der Waals surface area (Å²) in [5.74, 6) is 0. The molecule has 0 saturated heterocycles. The minimum atomic E-state index is 0.565. The third-order valence-corrected chi connectivity index (χ3v) is 2.76. The van der Waals surface area contributed by atoms with Gasteiger partial charge in [-0.2, -0.15) is 0 Å². The average molecular weight is 273 g/mol. The maximum absolute atomic E-state index is 3.44. The van der Waals surface area contributed by atoms with Crippen LogP contribution in [-0.4, -0.2) is 16.9 Å². The van der Waals surface area contributed by atoms with Crippen LogP contribution in [0.4, 0.5) is 0 Å². The molecule has 0 aliphatic rings. The van der Waals surface area contributed by atoms with Crippen LogP contribution in [0.5, 0.6) is 0 Å². The molecule has 0 fully saturated rings. The number of aryl methyl sites for hydroxylation is 1. The van der Waals surface area contributed by atoms with Crippen LogP contribution in [0.1, 0.15) is 22.8 Å². The third-order valence-electron chi connectivity index (χ3n) is 1.68. The van der Waals surface area contributed by atoms with Crippen molar-refractivity contribution < 1.29 is 0 Å². The quantitative estimate of drug-likeness (QED) is 0.690. The predicted molar refractivity (Wildman–Crippen MR) is 53.0 cm³/mol. The SMILES string of the molecule is Cc1cc(Br)ccc1[C@H](C)[As]. The molecule has 0 amide bonds. The van der Waals surface area contributed by atoms with Gasteiger partial charge < -0.3 is 0 Å². The molecule has 11 heavy (non-hydrogen) atoms. The molecule has 1 rings (SSSR count).